The molecule has 0 aromatic carbocycles. The van der Waals surface area contributed by atoms with Crippen molar-refractivity contribution in [3.8, 4) is 0 Å². The van der Waals surface area contributed by atoms with Crippen molar-refractivity contribution in [2.75, 3.05) is 0 Å². The molecule has 26 valence electrons. The van der Waals surface area contributed by atoms with Gasteiger partial charge in [-0.1, -0.05) is 5.10 Å². The molecule has 3 N–H and O–H groups in total. The molecular weight excluding hydrogens is 68.0 g/mol. The molecule has 1 aromatic rings. The molecule has 0 aliphatic rings. The molecule has 0 atom stereocenters. The van der Waals surface area contributed by atoms with Gasteiger partial charge >= 0.3 is 6.33 Å². The van der Waals surface area contributed by atoms with E-state index in [1.54, 1.807) is 6.33 Å². The lowest BCUT2D eigenvalue weighted by molar-refractivity contribution is -0.531. The molecule has 0 saturated carbocycles. The van der Waals surface area contributed by atoms with Crippen LogP contribution in [-0.4, -0.2) is 10.4 Å². The number of aromatic amines is 3. The van der Waals surface area contributed by atoms with Crippen molar-refractivity contribution >= 4 is 0 Å². The van der Waals surface area contributed by atoms with Crippen LogP contribution in [0, 0.1) is 0 Å². The topological polar surface area (TPSA) is 57.0 Å². The molecule has 1 aromatic heterocycles. The highest BCUT2D eigenvalue weighted by Gasteiger charge is 1.75. The number of aromatic nitrogens is 4. The fourth-order valence-electron chi connectivity index (χ4n) is 0.161. The molecule has 0 radical (unpaired) electrons. The number of tetrazole rings is 1. The largest absolute Gasteiger partial charge is 0.365 e. The van der Waals surface area contributed by atoms with Gasteiger partial charge in [0.15, 0.2) is 5.21 Å². The van der Waals surface area contributed by atoms with Crippen LogP contribution in [0.15, 0.2) is 6.33 Å². The van der Waals surface area contributed by atoms with E-state index in [4.69, 9.17) is 0 Å². The Morgan fingerprint density at radius 3 is 3.00 bits per heavy atom. The first kappa shape index (κ1) is 2.32. The Kier molecular flexibility index (Phi) is 0.368. The van der Waals surface area contributed by atoms with Crippen LogP contribution in [0.4, 0.5) is 0 Å². The van der Waals surface area contributed by atoms with Crippen molar-refractivity contribution in [2.24, 2.45) is 0 Å². The SMILES string of the molecule is c1[nH+]n[nH][nH+]1. The van der Waals surface area contributed by atoms with Crippen molar-refractivity contribution in [1.82, 2.24) is 10.4 Å². The van der Waals surface area contributed by atoms with E-state index >= 15 is 0 Å². The molecule has 1 rings (SSSR count). The third-order valence-electron chi connectivity index (χ3n) is 0.322. The Bertz CT molecular complexity index is 60.1. The fourth-order valence-corrected chi connectivity index (χ4v) is 0.161. The average Bonchev–Trinajstić information content (AvgIpc) is 1.76. The van der Waals surface area contributed by atoms with Crippen molar-refractivity contribution in [1.29, 1.82) is 0 Å². The highest BCUT2D eigenvalue weighted by atomic mass is 15.5. The summed E-state index contributed by atoms with van der Waals surface area (Å²) in [6, 6.07) is 0. The highest BCUT2D eigenvalue weighted by Crippen LogP contribution is 1.18. The molecule has 4 nitrogen and oxygen atoms in total. The van der Waals surface area contributed by atoms with E-state index in [0.717, 1.165) is 0 Å². The summed E-state index contributed by atoms with van der Waals surface area (Å²) in [5.74, 6) is 0. The molecule has 0 unspecified atom stereocenters. The summed E-state index contributed by atoms with van der Waals surface area (Å²) in [6.07, 6.45) is 1.58. The van der Waals surface area contributed by atoms with Crippen molar-refractivity contribution in [2.45, 2.75) is 0 Å². The molecular formula is CH4N4+2. The minimum Gasteiger partial charge on any atom is -0.0674 e. The fraction of sp³-hybridized carbons (Fsp3) is 0. The first-order valence-electron chi connectivity index (χ1n) is 1.27. The van der Waals surface area contributed by atoms with Crippen LogP contribution in [-0.2, 0) is 0 Å². The Morgan fingerprint density at radius 1 is 1.80 bits per heavy atom. The zero-order valence-electron chi connectivity index (χ0n) is 2.52. The highest BCUT2D eigenvalue weighted by molar-refractivity contribution is 3.80. The van der Waals surface area contributed by atoms with Crippen LogP contribution in [0.25, 0.3) is 0 Å². The van der Waals surface area contributed by atoms with Gasteiger partial charge in [-0.05, 0) is 5.10 Å². The summed E-state index contributed by atoms with van der Waals surface area (Å²) < 4.78 is 0. The monoisotopic (exact) mass is 72.0 g/mol. The van der Waals surface area contributed by atoms with Gasteiger partial charge in [-0.3, -0.25) is 0 Å². The summed E-state index contributed by atoms with van der Waals surface area (Å²) >= 11 is 0. The van der Waals surface area contributed by atoms with Crippen molar-refractivity contribution in [3.63, 3.8) is 0 Å². The van der Waals surface area contributed by atoms with Gasteiger partial charge in [0.2, 0.25) is 0 Å². The van der Waals surface area contributed by atoms with E-state index in [9.17, 15) is 0 Å². The molecule has 0 aliphatic carbocycles. The zero-order chi connectivity index (χ0) is 3.54. The van der Waals surface area contributed by atoms with E-state index in [2.05, 4.69) is 20.6 Å². The average molecular weight is 72.1 g/mol. The summed E-state index contributed by atoms with van der Waals surface area (Å²) in [5, 5.41) is 10.9. The Labute approximate surface area is 28.2 Å². The number of hydrogen-bond donors (Lipinski definition) is 1. The van der Waals surface area contributed by atoms with Gasteiger partial charge < -0.3 is 0 Å². The molecule has 0 fully saturated rings. The second kappa shape index (κ2) is 0.794. The van der Waals surface area contributed by atoms with E-state index < -0.39 is 0 Å². The van der Waals surface area contributed by atoms with Gasteiger partial charge in [0.1, 0.15) is 0 Å². The van der Waals surface area contributed by atoms with Gasteiger partial charge in [-0.15, -0.1) is 0 Å². The lowest BCUT2D eigenvalue weighted by atomic mass is 11.4. The smallest absolute Gasteiger partial charge is 0.0674 e. The summed E-state index contributed by atoms with van der Waals surface area (Å²) in [6.45, 7) is 0. The summed E-state index contributed by atoms with van der Waals surface area (Å²) in [5.41, 5.74) is 0. The number of H-pyrrole nitrogens is 3. The minimum atomic E-state index is 1.58. The molecule has 0 bridgehead atoms. The maximum atomic E-state index is 3.42. The molecule has 4 heteroatoms. The lowest BCUT2D eigenvalue weighted by Gasteiger charge is -1.25. The van der Waals surface area contributed by atoms with E-state index in [1.165, 1.54) is 0 Å². The van der Waals surface area contributed by atoms with Gasteiger partial charge in [-0.2, -0.15) is 0 Å². The van der Waals surface area contributed by atoms with Crippen LogP contribution in [0.1, 0.15) is 0 Å². The maximum absolute atomic E-state index is 3.42. The van der Waals surface area contributed by atoms with Gasteiger partial charge in [0.25, 0.3) is 0 Å². The van der Waals surface area contributed by atoms with Gasteiger partial charge in [0, 0.05) is 0 Å². The van der Waals surface area contributed by atoms with Crippen LogP contribution >= 0.6 is 0 Å². The van der Waals surface area contributed by atoms with E-state index in [0.29, 0.717) is 0 Å². The minimum absolute atomic E-state index is 1.58. The quantitative estimate of drug-likeness (QED) is 0.380. The Hall–Kier alpha value is -0.930. The van der Waals surface area contributed by atoms with Crippen LogP contribution in [0.5, 0.6) is 0 Å². The van der Waals surface area contributed by atoms with Crippen LogP contribution < -0.4 is 10.2 Å². The second-order valence-electron chi connectivity index (χ2n) is 0.641. The first-order valence-corrected chi connectivity index (χ1v) is 1.27. The number of rotatable bonds is 0. The Morgan fingerprint density at radius 2 is 2.80 bits per heavy atom. The number of nitrogens with one attached hydrogen (secondary N) is 3. The Balaban J connectivity index is 3.13. The molecule has 0 saturated heterocycles. The third kappa shape index (κ3) is 0.212. The normalized spacial score (nSPS) is 8.00. The predicted octanol–water partition coefficient (Wildman–Crippen LogP) is -1.96. The van der Waals surface area contributed by atoms with Crippen LogP contribution in [0.3, 0.4) is 0 Å². The lowest BCUT2D eigenvalue weighted by Crippen LogP contribution is -2.00. The molecule has 0 spiro atoms. The van der Waals surface area contributed by atoms with Crippen LogP contribution in [0.2, 0.25) is 0 Å². The molecule has 5 heavy (non-hydrogen) atoms. The maximum Gasteiger partial charge on any atom is 0.365 e. The molecule has 0 amide bonds. The zero-order valence-corrected chi connectivity index (χ0v) is 2.52. The van der Waals surface area contributed by atoms with Gasteiger partial charge in [0.05, 0.1) is 5.21 Å². The first-order chi connectivity index (χ1) is 2.50. The number of hydrogen-bond acceptors (Lipinski definition) is 1. The predicted molar refractivity (Wildman–Crippen MR) is 11.7 cm³/mol. The van der Waals surface area contributed by atoms with E-state index in [1.807, 2.05) is 0 Å². The van der Waals surface area contributed by atoms with Gasteiger partial charge in [-0.25, -0.2) is 0 Å². The van der Waals surface area contributed by atoms with Crippen molar-refractivity contribution < 1.29 is 10.2 Å². The summed E-state index contributed by atoms with van der Waals surface area (Å²) in [7, 11) is 0. The van der Waals surface area contributed by atoms with E-state index in [-0.39, 0.29) is 0 Å². The molecule has 1 heterocycles. The second-order valence-corrected chi connectivity index (χ2v) is 0.641. The standard InChI is InChI=1S/CH2N4/c1-2-4-5-3-1/h1H,(H,2,3,4,5)/p+2. The third-order valence-corrected chi connectivity index (χ3v) is 0.322. The number of nitrogens with zero attached hydrogens (tertiary/aromatic N) is 1. The van der Waals surface area contributed by atoms with Crippen molar-refractivity contribution in [3.05, 3.63) is 6.33 Å². The molecule has 0 aliphatic heterocycles. The summed E-state index contributed by atoms with van der Waals surface area (Å²) in [4.78, 5) is 0.